The van der Waals surface area contributed by atoms with Crippen LogP contribution in [-0.2, 0) is 25.9 Å². The number of hydrogen-bond donors (Lipinski definition) is 1. The molecule has 108 valence electrons. The van der Waals surface area contributed by atoms with Gasteiger partial charge in [-0.2, -0.15) is 0 Å². The summed E-state index contributed by atoms with van der Waals surface area (Å²) in [4.78, 5) is 4.80. The number of imidazole rings is 1. The van der Waals surface area contributed by atoms with E-state index in [1.807, 2.05) is 0 Å². The molecular formula is C16H29N3. The standard InChI is InChI=1S/C16H29N3/c1-3-5-6-7-8-9-12-19-15-10-11-17-13-14(15)18-16(19)4-2/h17H,3-13H2,1-2H3. The van der Waals surface area contributed by atoms with E-state index >= 15 is 0 Å². The topological polar surface area (TPSA) is 29.9 Å². The molecule has 2 heterocycles. The number of unbranched alkanes of at least 4 members (excludes halogenated alkanes) is 5. The molecule has 1 aliphatic rings. The Balaban J connectivity index is 1.86. The van der Waals surface area contributed by atoms with Crippen molar-refractivity contribution >= 4 is 0 Å². The van der Waals surface area contributed by atoms with Crippen molar-refractivity contribution in [3.05, 3.63) is 17.2 Å². The summed E-state index contributed by atoms with van der Waals surface area (Å²) in [6.45, 7) is 7.75. The zero-order chi connectivity index (χ0) is 13.5. The minimum absolute atomic E-state index is 0.964. The van der Waals surface area contributed by atoms with Crippen LogP contribution in [0.3, 0.4) is 0 Å². The van der Waals surface area contributed by atoms with Crippen LogP contribution >= 0.6 is 0 Å². The first-order chi connectivity index (χ1) is 9.36. The van der Waals surface area contributed by atoms with E-state index in [4.69, 9.17) is 4.98 Å². The maximum absolute atomic E-state index is 4.80. The van der Waals surface area contributed by atoms with Gasteiger partial charge in [0.05, 0.1) is 5.69 Å². The van der Waals surface area contributed by atoms with Gasteiger partial charge in [0.25, 0.3) is 0 Å². The Morgan fingerprint density at radius 3 is 2.68 bits per heavy atom. The first kappa shape index (κ1) is 14.6. The maximum Gasteiger partial charge on any atom is 0.108 e. The minimum atomic E-state index is 0.964. The lowest BCUT2D eigenvalue weighted by Crippen LogP contribution is -2.25. The molecule has 0 spiro atoms. The Bertz CT molecular complexity index is 382. The molecular weight excluding hydrogens is 234 g/mol. The third-order valence-corrected chi connectivity index (χ3v) is 4.12. The molecule has 1 aliphatic heterocycles. The van der Waals surface area contributed by atoms with Crippen LogP contribution in [0.15, 0.2) is 0 Å². The van der Waals surface area contributed by atoms with Crippen LogP contribution < -0.4 is 5.32 Å². The van der Waals surface area contributed by atoms with Gasteiger partial charge in [-0.05, 0) is 6.42 Å². The number of aryl methyl sites for hydroxylation is 1. The zero-order valence-electron chi connectivity index (χ0n) is 12.7. The molecule has 0 radical (unpaired) electrons. The first-order valence-electron chi connectivity index (χ1n) is 8.14. The molecule has 0 amide bonds. The third-order valence-electron chi connectivity index (χ3n) is 4.12. The molecule has 0 aromatic carbocycles. The molecule has 0 saturated heterocycles. The van der Waals surface area contributed by atoms with Crippen LogP contribution in [0.1, 0.15) is 69.6 Å². The molecule has 2 rings (SSSR count). The number of fused-ring (bicyclic) bond motifs is 1. The second-order valence-electron chi connectivity index (χ2n) is 5.62. The van der Waals surface area contributed by atoms with Crippen molar-refractivity contribution in [2.75, 3.05) is 6.54 Å². The van der Waals surface area contributed by atoms with Gasteiger partial charge >= 0.3 is 0 Å². The quantitative estimate of drug-likeness (QED) is 0.728. The van der Waals surface area contributed by atoms with Crippen LogP contribution in [0.2, 0.25) is 0 Å². The average molecular weight is 263 g/mol. The van der Waals surface area contributed by atoms with Crippen LogP contribution in [0.4, 0.5) is 0 Å². The fourth-order valence-corrected chi connectivity index (χ4v) is 3.01. The molecule has 0 unspecified atom stereocenters. The summed E-state index contributed by atoms with van der Waals surface area (Å²) in [6.07, 6.45) is 10.4. The summed E-state index contributed by atoms with van der Waals surface area (Å²) in [6, 6.07) is 0. The van der Waals surface area contributed by atoms with Gasteiger partial charge in [-0.25, -0.2) is 4.98 Å². The highest BCUT2D eigenvalue weighted by atomic mass is 15.1. The van der Waals surface area contributed by atoms with E-state index in [9.17, 15) is 0 Å². The summed E-state index contributed by atoms with van der Waals surface area (Å²) < 4.78 is 2.51. The molecule has 0 aliphatic carbocycles. The van der Waals surface area contributed by atoms with Gasteiger partial charge in [0, 0.05) is 38.2 Å². The number of aromatic nitrogens is 2. The Kier molecular flexibility index (Phi) is 5.90. The second-order valence-corrected chi connectivity index (χ2v) is 5.62. The van der Waals surface area contributed by atoms with Crippen LogP contribution in [-0.4, -0.2) is 16.1 Å². The predicted molar refractivity (Wildman–Crippen MR) is 80.4 cm³/mol. The molecule has 0 atom stereocenters. The molecule has 1 aromatic heterocycles. The molecule has 3 heteroatoms. The van der Waals surface area contributed by atoms with E-state index in [1.165, 1.54) is 62.3 Å². The average Bonchev–Trinajstić information content (AvgIpc) is 2.81. The Morgan fingerprint density at radius 1 is 1.11 bits per heavy atom. The van der Waals surface area contributed by atoms with Crippen LogP contribution in [0, 0.1) is 0 Å². The molecule has 3 nitrogen and oxygen atoms in total. The van der Waals surface area contributed by atoms with Gasteiger partial charge in [-0.15, -0.1) is 0 Å². The highest BCUT2D eigenvalue weighted by Crippen LogP contribution is 2.18. The van der Waals surface area contributed by atoms with Crippen molar-refractivity contribution < 1.29 is 0 Å². The molecule has 19 heavy (non-hydrogen) atoms. The molecule has 0 bridgehead atoms. The van der Waals surface area contributed by atoms with Crippen LogP contribution in [0.25, 0.3) is 0 Å². The Hall–Kier alpha value is -0.830. The summed E-state index contributed by atoms with van der Waals surface area (Å²) in [7, 11) is 0. The van der Waals surface area contributed by atoms with Crippen molar-refractivity contribution in [2.45, 2.75) is 78.3 Å². The van der Waals surface area contributed by atoms with Crippen LogP contribution in [0.5, 0.6) is 0 Å². The largest absolute Gasteiger partial charge is 0.332 e. The zero-order valence-corrected chi connectivity index (χ0v) is 12.7. The lowest BCUT2D eigenvalue weighted by atomic mass is 10.1. The molecule has 0 saturated carbocycles. The van der Waals surface area contributed by atoms with E-state index in [2.05, 4.69) is 23.7 Å². The van der Waals surface area contributed by atoms with Crippen molar-refractivity contribution in [1.82, 2.24) is 14.9 Å². The van der Waals surface area contributed by atoms with Gasteiger partial charge in [0.15, 0.2) is 0 Å². The number of rotatable bonds is 8. The fraction of sp³-hybridized carbons (Fsp3) is 0.812. The maximum atomic E-state index is 4.80. The summed E-state index contributed by atoms with van der Waals surface area (Å²) in [5.74, 6) is 1.29. The minimum Gasteiger partial charge on any atom is -0.332 e. The SMILES string of the molecule is CCCCCCCCn1c(CC)nc2c1CCNC2. The predicted octanol–water partition coefficient (Wildman–Crippen LogP) is 3.45. The highest BCUT2D eigenvalue weighted by molar-refractivity contribution is 5.20. The Labute approximate surface area is 117 Å². The van der Waals surface area contributed by atoms with Gasteiger partial charge < -0.3 is 9.88 Å². The lowest BCUT2D eigenvalue weighted by molar-refractivity contribution is 0.525. The first-order valence-corrected chi connectivity index (χ1v) is 8.14. The van der Waals surface area contributed by atoms with Crippen molar-refractivity contribution in [3.63, 3.8) is 0 Å². The molecule has 1 N–H and O–H groups in total. The van der Waals surface area contributed by atoms with E-state index in [-0.39, 0.29) is 0 Å². The van der Waals surface area contributed by atoms with Gasteiger partial charge in [0.1, 0.15) is 5.82 Å². The smallest absolute Gasteiger partial charge is 0.108 e. The summed E-state index contributed by atoms with van der Waals surface area (Å²) >= 11 is 0. The van der Waals surface area contributed by atoms with Gasteiger partial charge in [-0.3, -0.25) is 0 Å². The van der Waals surface area contributed by atoms with Gasteiger partial charge in [-0.1, -0.05) is 46.0 Å². The number of nitrogens with one attached hydrogen (secondary N) is 1. The fourth-order valence-electron chi connectivity index (χ4n) is 3.01. The number of hydrogen-bond acceptors (Lipinski definition) is 2. The number of nitrogens with zero attached hydrogens (tertiary/aromatic N) is 2. The summed E-state index contributed by atoms with van der Waals surface area (Å²) in [5, 5.41) is 3.42. The van der Waals surface area contributed by atoms with E-state index < -0.39 is 0 Å². The monoisotopic (exact) mass is 263 g/mol. The highest BCUT2D eigenvalue weighted by Gasteiger charge is 2.18. The normalized spacial score (nSPS) is 14.6. The third kappa shape index (κ3) is 3.82. The van der Waals surface area contributed by atoms with Crippen molar-refractivity contribution in [2.24, 2.45) is 0 Å². The Morgan fingerprint density at radius 2 is 1.89 bits per heavy atom. The second kappa shape index (κ2) is 7.68. The van der Waals surface area contributed by atoms with Crippen molar-refractivity contribution in [1.29, 1.82) is 0 Å². The van der Waals surface area contributed by atoms with E-state index in [0.29, 0.717) is 0 Å². The molecule has 1 aromatic rings. The van der Waals surface area contributed by atoms with E-state index in [0.717, 1.165) is 25.9 Å². The van der Waals surface area contributed by atoms with Crippen molar-refractivity contribution in [3.8, 4) is 0 Å². The van der Waals surface area contributed by atoms with Gasteiger partial charge in [0.2, 0.25) is 0 Å². The molecule has 0 fully saturated rings. The lowest BCUT2D eigenvalue weighted by Gasteiger charge is -2.16. The summed E-state index contributed by atoms with van der Waals surface area (Å²) in [5.41, 5.74) is 2.80. The van der Waals surface area contributed by atoms with E-state index in [1.54, 1.807) is 0 Å².